The predicted octanol–water partition coefficient (Wildman–Crippen LogP) is 2.68. The number of H-pyrrole nitrogens is 1. The molecule has 1 aromatic heterocycles. The van der Waals surface area contributed by atoms with E-state index in [1.54, 1.807) is 0 Å². The highest BCUT2D eigenvalue weighted by Gasteiger charge is 2.29. The van der Waals surface area contributed by atoms with Gasteiger partial charge in [0.15, 0.2) is 0 Å². The summed E-state index contributed by atoms with van der Waals surface area (Å²) in [6.45, 7) is 4.77. The number of nitrogens with zero attached hydrogens (tertiary/aromatic N) is 3. The summed E-state index contributed by atoms with van der Waals surface area (Å²) in [6.07, 6.45) is 1.85. The number of fused-ring (bicyclic) bond motifs is 2. The molecule has 0 spiro atoms. The molecule has 2 aromatic carbocycles. The summed E-state index contributed by atoms with van der Waals surface area (Å²) in [5, 5.41) is 19.4. The molecule has 0 aliphatic carbocycles. The van der Waals surface area contributed by atoms with Crippen molar-refractivity contribution in [2.45, 2.75) is 12.5 Å². The Labute approximate surface area is 158 Å². The summed E-state index contributed by atoms with van der Waals surface area (Å²) < 4.78 is 5.45. The number of rotatable bonds is 2. The maximum atomic E-state index is 11.1. The van der Waals surface area contributed by atoms with Crippen molar-refractivity contribution in [3.63, 3.8) is 0 Å². The van der Waals surface area contributed by atoms with E-state index in [4.69, 9.17) is 4.74 Å². The summed E-state index contributed by atoms with van der Waals surface area (Å²) >= 11 is 0. The Morgan fingerprint density at radius 3 is 2.89 bits per heavy atom. The highest BCUT2D eigenvalue weighted by Crippen LogP contribution is 2.42. The molecule has 2 N–H and O–H groups in total. The van der Waals surface area contributed by atoms with Gasteiger partial charge in [-0.3, -0.25) is 5.10 Å². The van der Waals surface area contributed by atoms with Crippen LogP contribution >= 0.6 is 0 Å². The average molecular weight is 364 g/mol. The zero-order valence-corrected chi connectivity index (χ0v) is 15.5. The molecule has 2 aliphatic heterocycles. The van der Waals surface area contributed by atoms with Crippen LogP contribution in [-0.4, -0.2) is 60.1 Å². The first kappa shape index (κ1) is 16.6. The van der Waals surface area contributed by atoms with Gasteiger partial charge in [0.2, 0.25) is 0 Å². The Hall–Kier alpha value is -2.57. The molecule has 0 amide bonds. The third-order valence-electron chi connectivity index (χ3n) is 5.82. The molecule has 2 aliphatic rings. The first-order valence-corrected chi connectivity index (χ1v) is 9.50. The van der Waals surface area contributed by atoms with E-state index in [9.17, 15) is 5.11 Å². The SMILES string of the molecule is CN1Cc2c(ccc(N3CCOCC3)c2O)C(c2ccc3cn[nH]c3c2)C1. The molecule has 3 aromatic rings. The smallest absolute Gasteiger partial charge is 0.143 e. The van der Waals surface area contributed by atoms with Gasteiger partial charge in [-0.05, 0) is 30.3 Å². The Bertz CT molecular complexity index is 977. The number of hydrogen-bond acceptors (Lipinski definition) is 5. The monoisotopic (exact) mass is 364 g/mol. The minimum atomic E-state index is 0.232. The minimum Gasteiger partial charge on any atom is -0.505 e. The van der Waals surface area contributed by atoms with Crippen molar-refractivity contribution >= 4 is 16.6 Å². The standard InChI is InChI=1S/C21H24N4O2/c1-24-12-17(14-2-3-15-11-22-23-19(15)10-14)16-4-5-20(21(26)18(16)13-24)25-6-8-27-9-7-25/h2-5,10-11,17,26H,6-9,12-13H2,1H3,(H,22,23). The number of anilines is 1. The lowest BCUT2D eigenvalue weighted by molar-refractivity contribution is 0.122. The van der Waals surface area contributed by atoms with Crippen LogP contribution in [0.4, 0.5) is 5.69 Å². The van der Waals surface area contributed by atoms with Gasteiger partial charge in [-0.25, -0.2) is 0 Å². The molecule has 3 heterocycles. The van der Waals surface area contributed by atoms with Gasteiger partial charge >= 0.3 is 0 Å². The Morgan fingerprint density at radius 1 is 1.19 bits per heavy atom. The van der Waals surface area contributed by atoms with Crippen LogP contribution in [0.3, 0.4) is 0 Å². The summed E-state index contributed by atoms with van der Waals surface area (Å²) in [5.74, 6) is 0.657. The topological polar surface area (TPSA) is 64.6 Å². The molecule has 1 saturated heterocycles. The van der Waals surface area contributed by atoms with Gasteiger partial charge in [-0.1, -0.05) is 18.2 Å². The number of hydrogen-bond donors (Lipinski definition) is 2. The highest BCUT2D eigenvalue weighted by molar-refractivity contribution is 5.79. The number of benzene rings is 2. The maximum Gasteiger partial charge on any atom is 0.143 e. The lowest BCUT2D eigenvalue weighted by Gasteiger charge is -2.36. The molecule has 5 rings (SSSR count). The molecular formula is C21H24N4O2. The van der Waals surface area contributed by atoms with Gasteiger partial charge in [0.1, 0.15) is 5.75 Å². The highest BCUT2D eigenvalue weighted by atomic mass is 16.5. The molecule has 0 saturated carbocycles. The van der Waals surface area contributed by atoms with E-state index in [1.807, 2.05) is 6.20 Å². The van der Waals surface area contributed by atoms with Gasteiger partial charge in [0.25, 0.3) is 0 Å². The third kappa shape index (κ3) is 2.85. The second-order valence-corrected chi connectivity index (χ2v) is 7.57. The van der Waals surface area contributed by atoms with Crippen molar-refractivity contribution in [2.24, 2.45) is 0 Å². The molecule has 27 heavy (non-hydrogen) atoms. The fourth-order valence-corrected chi connectivity index (χ4v) is 4.39. The van der Waals surface area contributed by atoms with Gasteiger partial charge in [-0.2, -0.15) is 5.10 Å². The number of aromatic hydroxyl groups is 1. The maximum absolute atomic E-state index is 11.1. The Morgan fingerprint density at radius 2 is 2.04 bits per heavy atom. The van der Waals surface area contributed by atoms with E-state index in [-0.39, 0.29) is 5.92 Å². The van der Waals surface area contributed by atoms with Crippen LogP contribution in [0.2, 0.25) is 0 Å². The average Bonchev–Trinajstić information content (AvgIpc) is 3.17. The van der Waals surface area contributed by atoms with Crippen LogP contribution < -0.4 is 4.90 Å². The minimum absolute atomic E-state index is 0.232. The zero-order valence-electron chi connectivity index (χ0n) is 15.5. The summed E-state index contributed by atoms with van der Waals surface area (Å²) in [4.78, 5) is 4.51. The molecule has 1 unspecified atom stereocenters. The number of nitrogens with one attached hydrogen (secondary N) is 1. The van der Waals surface area contributed by atoms with E-state index in [1.165, 1.54) is 11.1 Å². The fourth-order valence-electron chi connectivity index (χ4n) is 4.39. The third-order valence-corrected chi connectivity index (χ3v) is 5.82. The quantitative estimate of drug-likeness (QED) is 0.732. The van der Waals surface area contributed by atoms with Gasteiger partial charge in [-0.15, -0.1) is 0 Å². The van der Waals surface area contributed by atoms with Crippen LogP contribution in [0.25, 0.3) is 10.9 Å². The zero-order chi connectivity index (χ0) is 18.4. The summed E-state index contributed by atoms with van der Waals surface area (Å²) in [5.41, 5.74) is 5.49. The Kier molecular flexibility index (Phi) is 4.02. The molecule has 0 bridgehead atoms. The Balaban J connectivity index is 1.57. The number of aromatic nitrogens is 2. The predicted molar refractivity (Wildman–Crippen MR) is 105 cm³/mol. The number of morpholine rings is 1. The number of aromatic amines is 1. The first-order valence-electron chi connectivity index (χ1n) is 9.50. The van der Waals surface area contributed by atoms with Crippen LogP contribution in [0.15, 0.2) is 36.5 Å². The molecule has 140 valence electrons. The molecular weight excluding hydrogens is 340 g/mol. The molecule has 0 radical (unpaired) electrons. The number of ether oxygens (including phenoxy) is 1. The fraction of sp³-hybridized carbons (Fsp3) is 0.381. The van der Waals surface area contributed by atoms with Crippen LogP contribution in [0, 0.1) is 0 Å². The van der Waals surface area contributed by atoms with E-state index < -0.39 is 0 Å². The van der Waals surface area contributed by atoms with Gasteiger partial charge in [0, 0.05) is 43.0 Å². The lowest BCUT2D eigenvalue weighted by Crippen LogP contribution is -2.37. The van der Waals surface area contributed by atoms with Gasteiger partial charge in [0.05, 0.1) is 30.6 Å². The molecule has 6 heteroatoms. The van der Waals surface area contributed by atoms with Crippen molar-refractivity contribution in [1.82, 2.24) is 15.1 Å². The van der Waals surface area contributed by atoms with Crippen molar-refractivity contribution in [2.75, 3.05) is 44.8 Å². The van der Waals surface area contributed by atoms with Crippen molar-refractivity contribution in [3.8, 4) is 5.75 Å². The summed E-state index contributed by atoms with van der Waals surface area (Å²) in [7, 11) is 2.12. The van der Waals surface area contributed by atoms with Crippen LogP contribution in [0.5, 0.6) is 5.75 Å². The molecule has 1 fully saturated rings. The second kappa shape index (κ2) is 6.55. The first-order chi connectivity index (χ1) is 13.2. The second-order valence-electron chi connectivity index (χ2n) is 7.57. The largest absolute Gasteiger partial charge is 0.505 e. The van der Waals surface area contributed by atoms with E-state index >= 15 is 0 Å². The number of phenolic OH excluding ortho intramolecular Hbond substituents is 1. The molecule has 6 nitrogen and oxygen atoms in total. The van der Waals surface area contributed by atoms with Crippen molar-refractivity contribution in [3.05, 3.63) is 53.2 Å². The number of likely N-dealkylation sites (N-methyl/N-ethyl adjacent to an activating group) is 1. The van der Waals surface area contributed by atoms with E-state index in [0.29, 0.717) is 19.0 Å². The molecule has 1 atom stereocenters. The van der Waals surface area contributed by atoms with Crippen molar-refractivity contribution in [1.29, 1.82) is 0 Å². The van der Waals surface area contributed by atoms with Crippen LogP contribution in [-0.2, 0) is 11.3 Å². The number of phenols is 1. The normalized spacial score (nSPS) is 20.8. The lowest BCUT2D eigenvalue weighted by atomic mass is 9.83. The van der Waals surface area contributed by atoms with E-state index in [0.717, 1.165) is 48.3 Å². The van der Waals surface area contributed by atoms with E-state index in [2.05, 4.69) is 57.4 Å². The van der Waals surface area contributed by atoms with Crippen molar-refractivity contribution < 1.29 is 9.84 Å². The van der Waals surface area contributed by atoms with Gasteiger partial charge < -0.3 is 19.6 Å². The summed E-state index contributed by atoms with van der Waals surface area (Å²) in [6, 6.07) is 10.8. The van der Waals surface area contributed by atoms with Crippen LogP contribution in [0.1, 0.15) is 22.6 Å².